The SMILES string of the molecule is CN=C(NCCCc1nnc2n1CCCCC2)NCC1(c2ccccc2F)CC1. The van der Waals surface area contributed by atoms with Gasteiger partial charge in [-0.15, -0.1) is 10.2 Å². The highest BCUT2D eigenvalue weighted by Crippen LogP contribution is 2.48. The minimum Gasteiger partial charge on any atom is -0.356 e. The number of nitrogens with zero attached hydrogens (tertiary/aromatic N) is 4. The lowest BCUT2D eigenvalue weighted by Gasteiger charge is -2.19. The van der Waals surface area contributed by atoms with Gasteiger partial charge in [-0.3, -0.25) is 4.99 Å². The molecule has 7 heteroatoms. The molecule has 2 aromatic rings. The Morgan fingerprint density at radius 2 is 2.03 bits per heavy atom. The van der Waals surface area contributed by atoms with Gasteiger partial charge in [0.05, 0.1) is 0 Å². The van der Waals surface area contributed by atoms with Gasteiger partial charge in [0.1, 0.15) is 17.5 Å². The fourth-order valence-corrected chi connectivity index (χ4v) is 4.24. The minimum atomic E-state index is -0.109. The van der Waals surface area contributed by atoms with Crippen molar-refractivity contribution < 1.29 is 4.39 Å². The van der Waals surface area contributed by atoms with Gasteiger partial charge in [-0.25, -0.2) is 4.39 Å². The van der Waals surface area contributed by atoms with Gasteiger partial charge in [-0.1, -0.05) is 24.6 Å². The zero-order valence-electron chi connectivity index (χ0n) is 17.3. The van der Waals surface area contributed by atoms with E-state index in [2.05, 4.69) is 30.4 Å². The predicted molar refractivity (Wildman–Crippen MR) is 113 cm³/mol. The quantitative estimate of drug-likeness (QED) is 0.427. The summed E-state index contributed by atoms with van der Waals surface area (Å²) in [7, 11) is 1.77. The third-order valence-electron chi connectivity index (χ3n) is 6.17. The first kappa shape index (κ1) is 19.9. The first-order valence-electron chi connectivity index (χ1n) is 10.8. The average molecular weight is 399 g/mol. The van der Waals surface area contributed by atoms with Crippen LogP contribution in [0.3, 0.4) is 0 Å². The molecule has 2 N–H and O–H groups in total. The van der Waals surface area contributed by atoms with Crippen molar-refractivity contribution in [3.05, 3.63) is 47.3 Å². The van der Waals surface area contributed by atoms with Crippen LogP contribution in [-0.2, 0) is 24.8 Å². The van der Waals surface area contributed by atoms with Crippen LogP contribution in [0.5, 0.6) is 0 Å². The summed E-state index contributed by atoms with van der Waals surface area (Å²) in [6.45, 7) is 2.56. The number of nitrogens with one attached hydrogen (secondary N) is 2. The molecular formula is C22H31FN6. The number of fused-ring (bicyclic) bond motifs is 1. The number of guanidine groups is 1. The van der Waals surface area contributed by atoms with Crippen molar-refractivity contribution in [2.24, 2.45) is 4.99 Å². The van der Waals surface area contributed by atoms with Gasteiger partial charge < -0.3 is 15.2 Å². The van der Waals surface area contributed by atoms with Crippen molar-refractivity contribution in [3.8, 4) is 0 Å². The molecule has 1 aliphatic heterocycles. The smallest absolute Gasteiger partial charge is 0.191 e. The van der Waals surface area contributed by atoms with E-state index < -0.39 is 0 Å². The third-order valence-corrected chi connectivity index (χ3v) is 6.17. The maximum atomic E-state index is 14.2. The molecule has 0 saturated heterocycles. The van der Waals surface area contributed by atoms with E-state index in [9.17, 15) is 4.39 Å². The summed E-state index contributed by atoms with van der Waals surface area (Å²) in [6.07, 6.45) is 8.66. The third kappa shape index (κ3) is 4.60. The number of aryl methyl sites for hydroxylation is 2. The molecule has 0 radical (unpaired) electrons. The van der Waals surface area contributed by atoms with E-state index in [4.69, 9.17) is 0 Å². The highest BCUT2D eigenvalue weighted by Gasteiger charge is 2.45. The molecule has 156 valence electrons. The lowest BCUT2D eigenvalue weighted by atomic mass is 9.95. The van der Waals surface area contributed by atoms with E-state index in [0.717, 1.165) is 68.4 Å². The summed E-state index contributed by atoms with van der Waals surface area (Å²) >= 11 is 0. The van der Waals surface area contributed by atoms with Gasteiger partial charge in [0.15, 0.2) is 5.96 Å². The summed E-state index contributed by atoms with van der Waals surface area (Å²) in [6, 6.07) is 7.11. The number of rotatable bonds is 7. The Hall–Kier alpha value is -2.44. The zero-order chi connectivity index (χ0) is 20.1. The Morgan fingerprint density at radius 1 is 1.17 bits per heavy atom. The fraction of sp³-hybridized carbons (Fsp3) is 0.591. The first-order chi connectivity index (χ1) is 14.2. The van der Waals surface area contributed by atoms with Crippen LogP contribution in [0.4, 0.5) is 4.39 Å². The maximum absolute atomic E-state index is 14.2. The van der Waals surface area contributed by atoms with Crippen LogP contribution in [-0.4, -0.2) is 40.9 Å². The maximum Gasteiger partial charge on any atom is 0.191 e. The molecule has 0 spiro atoms. The van der Waals surface area contributed by atoms with Crippen molar-refractivity contribution in [2.75, 3.05) is 20.1 Å². The molecule has 1 aromatic carbocycles. The minimum absolute atomic E-state index is 0.0952. The molecule has 0 atom stereocenters. The normalized spacial score (nSPS) is 18.1. The number of aliphatic imine (C=N–C) groups is 1. The molecule has 1 fully saturated rings. The highest BCUT2D eigenvalue weighted by atomic mass is 19.1. The summed E-state index contributed by atoms with van der Waals surface area (Å²) in [5, 5.41) is 15.5. The molecular weight excluding hydrogens is 367 g/mol. The van der Waals surface area contributed by atoms with Gasteiger partial charge in [0.2, 0.25) is 0 Å². The second kappa shape index (κ2) is 8.93. The molecule has 1 saturated carbocycles. The van der Waals surface area contributed by atoms with Crippen LogP contribution >= 0.6 is 0 Å². The molecule has 0 amide bonds. The van der Waals surface area contributed by atoms with Crippen LogP contribution in [0, 0.1) is 5.82 Å². The summed E-state index contributed by atoms with van der Waals surface area (Å²) in [5.41, 5.74) is 0.720. The number of aromatic nitrogens is 3. The van der Waals surface area contributed by atoms with Crippen LogP contribution in [0.1, 0.15) is 55.7 Å². The van der Waals surface area contributed by atoms with E-state index in [0.29, 0.717) is 6.54 Å². The van der Waals surface area contributed by atoms with Crippen molar-refractivity contribution in [2.45, 2.75) is 63.3 Å². The standard InChI is InChI=1S/C22H31FN6/c1-24-21(26-16-22(12-13-22)17-8-4-5-9-18(17)23)25-14-7-11-20-28-27-19-10-3-2-6-15-29(19)20/h4-5,8-9H,2-3,6-7,10-16H2,1H3,(H2,24,25,26). The largest absolute Gasteiger partial charge is 0.356 e. The molecule has 2 heterocycles. The van der Waals surface area contributed by atoms with E-state index in [1.54, 1.807) is 19.2 Å². The van der Waals surface area contributed by atoms with E-state index in [1.165, 1.54) is 19.3 Å². The van der Waals surface area contributed by atoms with Crippen LogP contribution in [0.15, 0.2) is 29.3 Å². The molecule has 0 unspecified atom stereocenters. The molecule has 29 heavy (non-hydrogen) atoms. The van der Waals surface area contributed by atoms with Crippen molar-refractivity contribution in [3.63, 3.8) is 0 Å². The molecule has 6 nitrogen and oxygen atoms in total. The Labute approximate surface area is 172 Å². The Balaban J connectivity index is 1.24. The van der Waals surface area contributed by atoms with E-state index >= 15 is 0 Å². The van der Waals surface area contributed by atoms with Gasteiger partial charge in [-0.05, 0) is 43.7 Å². The first-order valence-corrected chi connectivity index (χ1v) is 10.8. The molecule has 4 rings (SSSR count). The van der Waals surface area contributed by atoms with Gasteiger partial charge in [0, 0.05) is 44.9 Å². The Kier molecular flexibility index (Phi) is 6.11. The summed E-state index contributed by atoms with van der Waals surface area (Å²) < 4.78 is 16.5. The van der Waals surface area contributed by atoms with Crippen LogP contribution in [0.2, 0.25) is 0 Å². The monoisotopic (exact) mass is 398 g/mol. The van der Waals surface area contributed by atoms with Gasteiger partial charge >= 0.3 is 0 Å². The topological polar surface area (TPSA) is 67.1 Å². The second-order valence-electron chi connectivity index (χ2n) is 8.21. The van der Waals surface area contributed by atoms with Gasteiger partial charge in [0.25, 0.3) is 0 Å². The molecule has 2 aliphatic rings. The Morgan fingerprint density at radius 3 is 2.83 bits per heavy atom. The Bertz CT molecular complexity index is 855. The summed E-state index contributed by atoms with van der Waals surface area (Å²) in [5.74, 6) is 2.91. The molecule has 1 aromatic heterocycles. The predicted octanol–water partition coefficient (Wildman–Crippen LogP) is 2.97. The van der Waals surface area contributed by atoms with Gasteiger partial charge in [-0.2, -0.15) is 0 Å². The molecule has 1 aliphatic carbocycles. The van der Waals surface area contributed by atoms with Crippen LogP contribution in [0.25, 0.3) is 0 Å². The van der Waals surface area contributed by atoms with Crippen LogP contribution < -0.4 is 10.6 Å². The zero-order valence-corrected chi connectivity index (χ0v) is 17.3. The number of hydrogen-bond acceptors (Lipinski definition) is 3. The summed E-state index contributed by atoms with van der Waals surface area (Å²) in [4.78, 5) is 4.32. The lowest BCUT2D eigenvalue weighted by Crippen LogP contribution is -2.41. The average Bonchev–Trinajstić information content (AvgIpc) is 3.48. The van der Waals surface area contributed by atoms with Crippen molar-refractivity contribution >= 4 is 5.96 Å². The van der Waals surface area contributed by atoms with Crippen molar-refractivity contribution in [1.29, 1.82) is 0 Å². The number of hydrogen-bond donors (Lipinski definition) is 2. The number of benzene rings is 1. The highest BCUT2D eigenvalue weighted by molar-refractivity contribution is 5.79. The fourth-order valence-electron chi connectivity index (χ4n) is 4.24. The molecule has 0 bridgehead atoms. The second-order valence-corrected chi connectivity index (χ2v) is 8.21. The number of halogens is 1. The van der Waals surface area contributed by atoms with Crippen molar-refractivity contribution in [1.82, 2.24) is 25.4 Å². The van der Waals surface area contributed by atoms with E-state index in [1.807, 2.05) is 12.1 Å². The van der Waals surface area contributed by atoms with E-state index in [-0.39, 0.29) is 11.2 Å². The lowest BCUT2D eigenvalue weighted by molar-refractivity contribution is 0.558.